The highest BCUT2D eigenvalue weighted by molar-refractivity contribution is 7.14. The minimum absolute atomic E-state index is 0.197. The number of allylic oxidation sites excluding steroid dienone is 2. The van der Waals surface area contributed by atoms with E-state index in [4.69, 9.17) is 19.9 Å². The standard InChI is InChI=1S/C17H23NO4S/c1-10(2)22-16(19)14-12(9-23-15(14)18)11-6-7-17(3,21-5)13(8-11)20-4/h6,8-10H,7,18H2,1-5H3. The molecule has 126 valence electrons. The van der Waals surface area contributed by atoms with Gasteiger partial charge >= 0.3 is 5.97 Å². The number of ether oxygens (including phenoxy) is 3. The van der Waals surface area contributed by atoms with Gasteiger partial charge in [0.1, 0.15) is 21.9 Å². The minimum atomic E-state index is -0.502. The summed E-state index contributed by atoms with van der Waals surface area (Å²) < 4.78 is 16.3. The Kier molecular flexibility index (Phi) is 5.16. The summed E-state index contributed by atoms with van der Waals surface area (Å²) in [6.07, 6.45) is 4.37. The van der Waals surface area contributed by atoms with Gasteiger partial charge in [0.2, 0.25) is 0 Å². The van der Waals surface area contributed by atoms with E-state index in [1.165, 1.54) is 11.3 Å². The first kappa shape index (κ1) is 17.6. The number of carbonyl (C=O) groups excluding carboxylic acids is 1. The minimum Gasteiger partial charge on any atom is -0.498 e. The van der Waals surface area contributed by atoms with Crippen molar-refractivity contribution in [2.45, 2.75) is 38.9 Å². The molecule has 0 bridgehead atoms. The molecule has 1 unspecified atom stereocenters. The molecule has 0 fully saturated rings. The van der Waals surface area contributed by atoms with E-state index in [9.17, 15) is 4.79 Å². The number of hydrogen-bond donors (Lipinski definition) is 1. The van der Waals surface area contributed by atoms with Crippen LogP contribution in [0.2, 0.25) is 0 Å². The van der Waals surface area contributed by atoms with Gasteiger partial charge in [-0.1, -0.05) is 6.08 Å². The number of methoxy groups -OCH3 is 2. The highest BCUT2D eigenvalue weighted by atomic mass is 32.1. The number of carbonyl (C=O) groups is 1. The highest BCUT2D eigenvalue weighted by Crippen LogP contribution is 2.39. The third-order valence-corrected chi connectivity index (χ3v) is 4.68. The van der Waals surface area contributed by atoms with Crippen LogP contribution in [0.1, 0.15) is 43.1 Å². The Bertz CT molecular complexity index is 660. The molecule has 0 aromatic carbocycles. The van der Waals surface area contributed by atoms with Crippen molar-refractivity contribution >= 4 is 27.9 Å². The molecule has 0 aliphatic heterocycles. The molecule has 6 heteroatoms. The number of thiophene rings is 1. The quantitative estimate of drug-likeness (QED) is 0.831. The van der Waals surface area contributed by atoms with Crippen molar-refractivity contribution in [1.29, 1.82) is 0 Å². The predicted octanol–water partition coefficient (Wildman–Crippen LogP) is 3.62. The summed E-state index contributed by atoms with van der Waals surface area (Å²) in [7, 11) is 3.27. The average Bonchev–Trinajstić information content (AvgIpc) is 2.88. The van der Waals surface area contributed by atoms with E-state index in [2.05, 4.69) is 0 Å². The van der Waals surface area contributed by atoms with Crippen molar-refractivity contribution in [2.24, 2.45) is 0 Å². The van der Waals surface area contributed by atoms with Crippen molar-refractivity contribution in [3.8, 4) is 0 Å². The summed E-state index contributed by atoms with van der Waals surface area (Å²) in [5.74, 6) is 0.313. The molecule has 1 aliphatic carbocycles. The Morgan fingerprint density at radius 1 is 1.39 bits per heavy atom. The zero-order valence-electron chi connectivity index (χ0n) is 14.1. The maximum absolute atomic E-state index is 12.3. The molecule has 0 amide bonds. The van der Waals surface area contributed by atoms with Gasteiger partial charge in [-0.25, -0.2) is 4.79 Å². The van der Waals surface area contributed by atoms with Gasteiger partial charge in [0, 0.05) is 24.5 Å². The summed E-state index contributed by atoms with van der Waals surface area (Å²) in [4.78, 5) is 12.3. The van der Waals surface area contributed by atoms with E-state index in [0.29, 0.717) is 22.7 Å². The topological polar surface area (TPSA) is 70.8 Å². The number of rotatable bonds is 5. The monoisotopic (exact) mass is 337 g/mol. The van der Waals surface area contributed by atoms with E-state index in [-0.39, 0.29) is 6.10 Å². The molecule has 1 aromatic heterocycles. The molecule has 0 saturated heterocycles. The maximum Gasteiger partial charge on any atom is 0.342 e. The van der Waals surface area contributed by atoms with Crippen molar-refractivity contribution in [1.82, 2.24) is 0 Å². The lowest BCUT2D eigenvalue weighted by Gasteiger charge is -2.32. The summed E-state index contributed by atoms with van der Waals surface area (Å²) >= 11 is 1.33. The van der Waals surface area contributed by atoms with Crippen LogP contribution in [0.15, 0.2) is 23.3 Å². The van der Waals surface area contributed by atoms with E-state index < -0.39 is 11.6 Å². The van der Waals surface area contributed by atoms with Gasteiger partial charge in [0.25, 0.3) is 0 Å². The molecule has 1 aromatic rings. The third-order valence-electron chi connectivity index (χ3n) is 3.87. The largest absolute Gasteiger partial charge is 0.498 e. The molecule has 1 aliphatic rings. The zero-order valence-corrected chi connectivity index (χ0v) is 15.0. The normalized spacial score (nSPS) is 21.0. The lowest BCUT2D eigenvalue weighted by Crippen LogP contribution is -2.32. The van der Waals surface area contributed by atoms with Crippen molar-refractivity contribution in [3.63, 3.8) is 0 Å². The third kappa shape index (κ3) is 3.43. The molecule has 1 atom stereocenters. The predicted molar refractivity (Wildman–Crippen MR) is 92.4 cm³/mol. The summed E-state index contributed by atoms with van der Waals surface area (Å²) in [5.41, 5.74) is 7.56. The zero-order chi connectivity index (χ0) is 17.2. The number of hydrogen-bond acceptors (Lipinski definition) is 6. The Hall–Kier alpha value is -1.79. The fourth-order valence-corrected chi connectivity index (χ4v) is 3.28. The molecule has 1 heterocycles. The van der Waals surface area contributed by atoms with E-state index in [0.717, 1.165) is 11.1 Å². The Morgan fingerprint density at radius 2 is 2.09 bits per heavy atom. The van der Waals surface area contributed by atoms with Crippen molar-refractivity contribution < 1.29 is 19.0 Å². The number of esters is 1. The molecule has 2 N–H and O–H groups in total. The van der Waals surface area contributed by atoms with Crippen LogP contribution in [0, 0.1) is 0 Å². The Labute approximate surface area is 140 Å². The number of nitrogen functional groups attached to an aromatic ring is 1. The summed E-state index contributed by atoms with van der Waals surface area (Å²) in [6.45, 7) is 5.59. The van der Waals surface area contributed by atoms with Gasteiger partial charge in [0.05, 0.1) is 13.2 Å². The molecule has 5 nitrogen and oxygen atoms in total. The Morgan fingerprint density at radius 3 is 2.65 bits per heavy atom. The first-order chi connectivity index (χ1) is 10.8. The molecule has 0 saturated carbocycles. The molecule has 0 radical (unpaired) electrons. The highest BCUT2D eigenvalue weighted by Gasteiger charge is 2.33. The van der Waals surface area contributed by atoms with E-state index in [1.54, 1.807) is 14.2 Å². The van der Waals surface area contributed by atoms with Crippen LogP contribution in [-0.4, -0.2) is 31.9 Å². The molecular formula is C17H23NO4S. The fraction of sp³-hybridized carbons (Fsp3) is 0.471. The van der Waals surface area contributed by atoms with Gasteiger partial charge in [-0.3, -0.25) is 0 Å². The molecule has 23 heavy (non-hydrogen) atoms. The van der Waals surface area contributed by atoms with Crippen molar-refractivity contribution in [3.05, 3.63) is 34.4 Å². The lowest BCUT2D eigenvalue weighted by atomic mass is 9.88. The lowest BCUT2D eigenvalue weighted by molar-refractivity contribution is -0.00340. The Balaban J connectivity index is 2.41. The van der Waals surface area contributed by atoms with Crippen molar-refractivity contribution in [2.75, 3.05) is 20.0 Å². The van der Waals surface area contributed by atoms with Crippen LogP contribution in [-0.2, 0) is 14.2 Å². The summed E-state index contributed by atoms with van der Waals surface area (Å²) in [6, 6.07) is 0. The maximum atomic E-state index is 12.3. The van der Waals surface area contributed by atoms with Gasteiger partial charge in [-0.15, -0.1) is 11.3 Å². The second-order valence-electron chi connectivity index (χ2n) is 5.85. The van der Waals surface area contributed by atoms with E-state index in [1.807, 2.05) is 38.3 Å². The first-order valence-electron chi connectivity index (χ1n) is 7.42. The average molecular weight is 337 g/mol. The van der Waals surface area contributed by atoms with Gasteiger partial charge in [-0.05, 0) is 32.4 Å². The number of anilines is 1. The van der Waals surface area contributed by atoms with Crippen LogP contribution >= 0.6 is 11.3 Å². The van der Waals surface area contributed by atoms with Gasteiger partial charge < -0.3 is 19.9 Å². The van der Waals surface area contributed by atoms with Crippen LogP contribution in [0.3, 0.4) is 0 Å². The van der Waals surface area contributed by atoms with Crippen LogP contribution in [0.4, 0.5) is 5.00 Å². The van der Waals surface area contributed by atoms with Gasteiger partial charge in [-0.2, -0.15) is 0 Å². The van der Waals surface area contributed by atoms with Crippen LogP contribution in [0.5, 0.6) is 0 Å². The van der Waals surface area contributed by atoms with Gasteiger partial charge in [0.15, 0.2) is 0 Å². The molecular weight excluding hydrogens is 314 g/mol. The number of nitrogens with two attached hydrogens (primary N) is 1. The fourth-order valence-electron chi connectivity index (χ4n) is 2.47. The van der Waals surface area contributed by atoms with Crippen LogP contribution in [0.25, 0.3) is 5.57 Å². The second kappa shape index (κ2) is 6.76. The smallest absolute Gasteiger partial charge is 0.342 e. The SMILES string of the molecule is COC1=CC(c2csc(N)c2C(=O)OC(C)C)=CCC1(C)OC. The van der Waals surface area contributed by atoms with E-state index >= 15 is 0 Å². The molecule has 2 rings (SSSR count). The molecule has 0 spiro atoms. The van der Waals surface area contributed by atoms with Crippen LogP contribution < -0.4 is 5.73 Å². The first-order valence-corrected chi connectivity index (χ1v) is 8.30. The second-order valence-corrected chi connectivity index (χ2v) is 6.77. The summed E-state index contributed by atoms with van der Waals surface area (Å²) in [5, 5.41) is 2.33.